The molecule has 4 aromatic carbocycles. The largest absolute Gasteiger partial charge is 0.345 e. The first-order valence-electron chi connectivity index (χ1n) is 19.9. The second-order valence-corrected chi connectivity index (χ2v) is 22.4. The average molecular weight is 993 g/mol. The van der Waals surface area contributed by atoms with Crippen LogP contribution in [0.15, 0.2) is 93.3 Å². The molecule has 0 bridgehead atoms. The van der Waals surface area contributed by atoms with Crippen LogP contribution in [0.1, 0.15) is 44.8 Å². The SMILES string of the molecule is Cc1cccc(C)c1Cc1csc(N2CCN(S(=O)(=O)c3cc(Cl)ccc3Cl)CC2)n1.Cc1cccc(Cc2csc(N3CCN(S(=O)(=O)c4cc(Cl)ccc4Cl)CC3)n2)c1C. The van der Waals surface area contributed by atoms with Crippen LogP contribution < -0.4 is 9.80 Å². The average Bonchev–Trinajstić information content (AvgIpc) is 3.93. The summed E-state index contributed by atoms with van der Waals surface area (Å²) in [5.74, 6) is 0. The molecule has 0 amide bonds. The third kappa shape index (κ3) is 10.6. The van der Waals surface area contributed by atoms with Crippen LogP contribution in [0.3, 0.4) is 0 Å². The maximum Gasteiger partial charge on any atom is 0.244 e. The number of hydrogen-bond acceptors (Lipinski definition) is 10. The Hall–Kier alpha value is -3.28. The summed E-state index contributed by atoms with van der Waals surface area (Å²) >= 11 is 27.4. The summed E-state index contributed by atoms with van der Waals surface area (Å²) in [7, 11) is -7.38. The zero-order valence-corrected chi connectivity index (χ0v) is 40.9. The van der Waals surface area contributed by atoms with Crippen molar-refractivity contribution in [3.05, 3.63) is 148 Å². The maximum absolute atomic E-state index is 13.0. The predicted octanol–water partition coefficient (Wildman–Crippen LogP) is 10.3. The number of aryl methyl sites for hydroxylation is 3. The fraction of sp³-hybridized carbons (Fsp3) is 0.318. The van der Waals surface area contributed by atoms with Crippen LogP contribution in [0, 0.1) is 27.7 Å². The van der Waals surface area contributed by atoms with E-state index in [1.165, 1.54) is 66.3 Å². The van der Waals surface area contributed by atoms with E-state index in [1.54, 1.807) is 34.8 Å². The summed E-state index contributed by atoms with van der Waals surface area (Å²) in [6, 6.07) is 21.7. The number of hydrogen-bond donors (Lipinski definition) is 0. The van der Waals surface area contributed by atoms with Gasteiger partial charge in [-0.05, 0) is 97.5 Å². The Kier molecular flexibility index (Phi) is 15.0. The molecule has 10 nitrogen and oxygen atoms in total. The molecule has 328 valence electrons. The molecule has 0 radical (unpaired) electrons. The number of piperazine rings is 2. The van der Waals surface area contributed by atoms with E-state index in [4.69, 9.17) is 56.4 Å². The van der Waals surface area contributed by atoms with Crippen molar-refractivity contribution in [2.45, 2.75) is 50.3 Å². The number of nitrogens with zero attached hydrogens (tertiary/aromatic N) is 6. The van der Waals surface area contributed by atoms with Crippen LogP contribution in [0.2, 0.25) is 20.1 Å². The maximum atomic E-state index is 13.0. The van der Waals surface area contributed by atoms with Crippen molar-refractivity contribution in [3.8, 4) is 0 Å². The Labute approximate surface area is 392 Å². The molecule has 8 rings (SSSR count). The lowest BCUT2D eigenvalue weighted by atomic mass is 9.99. The van der Waals surface area contributed by atoms with Gasteiger partial charge in [0.05, 0.1) is 21.4 Å². The third-order valence-corrected chi connectivity index (χ3v) is 18.3. The van der Waals surface area contributed by atoms with Crippen molar-refractivity contribution in [1.82, 2.24) is 18.6 Å². The summed E-state index contributed by atoms with van der Waals surface area (Å²) in [6.07, 6.45) is 1.60. The first-order chi connectivity index (χ1) is 29.5. The van der Waals surface area contributed by atoms with E-state index in [-0.39, 0.29) is 19.8 Å². The monoisotopic (exact) mass is 990 g/mol. The second kappa shape index (κ2) is 19.9. The van der Waals surface area contributed by atoms with E-state index in [2.05, 4.69) is 84.7 Å². The highest BCUT2D eigenvalue weighted by Gasteiger charge is 2.33. The second-order valence-electron chi connectivity index (χ2n) is 15.3. The van der Waals surface area contributed by atoms with Gasteiger partial charge in [0.15, 0.2) is 10.3 Å². The summed E-state index contributed by atoms with van der Waals surface area (Å²) in [5.41, 5.74) is 9.80. The topological polar surface area (TPSA) is 107 Å². The van der Waals surface area contributed by atoms with Gasteiger partial charge in [-0.3, -0.25) is 0 Å². The lowest BCUT2D eigenvalue weighted by Crippen LogP contribution is -2.48. The quantitative estimate of drug-likeness (QED) is 0.134. The molecule has 18 heteroatoms. The van der Waals surface area contributed by atoms with Crippen molar-refractivity contribution in [2.24, 2.45) is 0 Å². The van der Waals surface area contributed by atoms with E-state index in [0.29, 0.717) is 62.4 Å². The highest BCUT2D eigenvalue weighted by molar-refractivity contribution is 7.89. The summed E-state index contributed by atoms with van der Waals surface area (Å²) in [6.45, 7) is 12.3. The van der Waals surface area contributed by atoms with Gasteiger partial charge in [-0.1, -0.05) is 82.8 Å². The first kappa shape index (κ1) is 46.7. The Balaban J connectivity index is 0.000000186. The van der Waals surface area contributed by atoms with Crippen LogP contribution in [-0.4, -0.2) is 87.8 Å². The van der Waals surface area contributed by atoms with Gasteiger partial charge in [-0.15, -0.1) is 22.7 Å². The number of aromatic nitrogens is 2. The normalized spacial score (nSPS) is 15.4. The van der Waals surface area contributed by atoms with Crippen molar-refractivity contribution >= 4 is 99.4 Å². The number of benzene rings is 4. The van der Waals surface area contributed by atoms with Crippen molar-refractivity contribution in [1.29, 1.82) is 0 Å². The van der Waals surface area contributed by atoms with E-state index in [9.17, 15) is 16.8 Å². The molecule has 6 aromatic rings. The molecule has 0 aliphatic carbocycles. The van der Waals surface area contributed by atoms with Crippen LogP contribution in [0.5, 0.6) is 0 Å². The lowest BCUT2D eigenvalue weighted by Gasteiger charge is -2.34. The fourth-order valence-corrected chi connectivity index (χ4v) is 13.5. The molecule has 2 saturated heterocycles. The third-order valence-electron chi connectivity index (χ3n) is 11.2. The fourth-order valence-electron chi connectivity index (χ4n) is 7.42. The summed E-state index contributed by atoms with van der Waals surface area (Å²) in [5, 5.41) is 7.10. The van der Waals surface area contributed by atoms with Gasteiger partial charge in [-0.25, -0.2) is 26.8 Å². The highest BCUT2D eigenvalue weighted by atomic mass is 35.5. The Morgan fingerprint density at radius 2 is 0.968 bits per heavy atom. The van der Waals surface area contributed by atoms with Gasteiger partial charge < -0.3 is 9.80 Å². The molecule has 62 heavy (non-hydrogen) atoms. The Bertz CT molecular complexity index is 2760. The molecule has 0 atom stereocenters. The summed E-state index contributed by atoms with van der Waals surface area (Å²) in [4.78, 5) is 14.0. The molecule has 4 heterocycles. The first-order valence-corrected chi connectivity index (χ1v) is 26.1. The Morgan fingerprint density at radius 3 is 1.44 bits per heavy atom. The standard InChI is InChI=1S/2C22H23Cl2N3O2S2/c1-15-4-3-5-17(16(15)2)12-19-14-30-22(25-19)26-8-10-27(11-9-26)31(28,29)21-13-18(23)6-7-20(21)24;1-15-4-3-5-16(2)19(15)13-18-14-30-22(25-18)26-8-10-27(11-9-26)31(28,29)21-12-17(23)6-7-20(21)24/h3-7,13-14H,8-12H2,1-2H3;3-7,12,14H,8-11,13H2,1-2H3. The van der Waals surface area contributed by atoms with Crippen LogP contribution in [0.25, 0.3) is 0 Å². The van der Waals surface area contributed by atoms with Crippen LogP contribution >= 0.6 is 69.1 Å². The van der Waals surface area contributed by atoms with E-state index in [1.807, 2.05) is 0 Å². The van der Waals surface area contributed by atoms with E-state index in [0.717, 1.165) is 34.5 Å². The molecule has 0 spiro atoms. The van der Waals surface area contributed by atoms with Crippen LogP contribution in [-0.2, 0) is 32.9 Å². The molecule has 0 unspecified atom stereocenters. The number of anilines is 2. The number of rotatable bonds is 10. The van der Waals surface area contributed by atoms with Gasteiger partial charge in [-0.2, -0.15) is 8.61 Å². The molecule has 0 N–H and O–H groups in total. The van der Waals surface area contributed by atoms with Crippen molar-refractivity contribution < 1.29 is 16.8 Å². The summed E-state index contributed by atoms with van der Waals surface area (Å²) < 4.78 is 55.0. The predicted molar refractivity (Wildman–Crippen MR) is 257 cm³/mol. The molecule has 0 saturated carbocycles. The van der Waals surface area contributed by atoms with E-state index < -0.39 is 20.0 Å². The number of halogens is 4. The zero-order valence-electron chi connectivity index (χ0n) is 34.6. The van der Waals surface area contributed by atoms with Gasteiger partial charge in [0.2, 0.25) is 20.0 Å². The minimum atomic E-state index is -3.69. The molecular formula is C44H46Cl4N6O4S4. The van der Waals surface area contributed by atoms with Gasteiger partial charge in [0.25, 0.3) is 0 Å². The smallest absolute Gasteiger partial charge is 0.244 e. The minimum absolute atomic E-state index is 0.0557. The molecular weight excluding hydrogens is 947 g/mol. The molecule has 2 aliphatic rings. The Morgan fingerprint density at radius 1 is 0.548 bits per heavy atom. The lowest BCUT2D eigenvalue weighted by molar-refractivity contribution is 0.384. The van der Waals surface area contributed by atoms with Crippen LogP contribution in [0.4, 0.5) is 10.3 Å². The number of thiazole rings is 2. The molecule has 2 aromatic heterocycles. The molecule has 2 aliphatic heterocycles. The number of sulfonamides is 2. The van der Waals surface area contributed by atoms with Gasteiger partial charge in [0, 0.05) is 86.0 Å². The van der Waals surface area contributed by atoms with Gasteiger partial charge in [0.1, 0.15) is 9.79 Å². The van der Waals surface area contributed by atoms with Gasteiger partial charge >= 0.3 is 0 Å². The van der Waals surface area contributed by atoms with Crippen molar-refractivity contribution in [2.75, 3.05) is 62.2 Å². The highest BCUT2D eigenvalue weighted by Crippen LogP contribution is 2.32. The minimum Gasteiger partial charge on any atom is -0.345 e. The van der Waals surface area contributed by atoms with Crippen molar-refractivity contribution in [3.63, 3.8) is 0 Å². The molecule has 2 fully saturated rings. The van der Waals surface area contributed by atoms with E-state index >= 15 is 0 Å². The zero-order chi connectivity index (χ0) is 44.3.